The van der Waals surface area contributed by atoms with Gasteiger partial charge in [0.2, 0.25) is 0 Å². The summed E-state index contributed by atoms with van der Waals surface area (Å²) in [6.45, 7) is 10.5. The van der Waals surface area contributed by atoms with Crippen molar-refractivity contribution in [3.63, 3.8) is 0 Å². The van der Waals surface area contributed by atoms with Gasteiger partial charge in [-0.25, -0.2) is 0 Å². The lowest BCUT2D eigenvalue weighted by atomic mass is 9.82. The minimum Gasteiger partial charge on any atom is -0.464 e. The van der Waals surface area contributed by atoms with Crippen LogP contribution in [0.2, 0.25) is 0 Å². The van der Waals surface area contributed by atoms with Crippen LogP contribution in [-0.4, -0.2) is 62.0 Å². The molecule has 0 aromatic heterocycles. The van der Waals surface area contributed by atoms with Gasteiger partial charge in [0.25, 0.3) is 0 Å². The van der Waals surface area contributed by atoms with Crippen molar-refractivity contribution in [2.45, 2.75) is 52.4 Å². The minimum absolute atomic E-state index is 0.154. The van der Waals surface area contributed by atoms with Crippen LogP contribution in [0.1, 0.15) is 41.0 Å². The van der Waals surface area contributed by atoms with Crippen LogP contribution in [0.4, 0.5) is 0 Å². The summed E-state index contributed by atoms with van der Waals surface area (Å²) < 4.78 is 22.5. The number of carbonyl (C=O) groups is 1. The molecule has 2 N–H and O–H groups in total. The van der Waals surface area contributed by atoms with E-state index in [1.165, 1.54) is 12.0 Å². The van der Waals surface area contributed by atoms with Crippen molar-refractivity contribution in [3.05, 3.63) is 0 Å². The topological polar surface area (TPSA) is 80.0 Å². The zero-order valence-electron chi connectivity index (χ0n) is 17.6. The molecule has 0 bridgehead atoms. The van der Waals surface area contributed by atoms with Crippen molar-refractivity contribution in [2.24, 2.45) is 16.6 Å². The Labute approximate surface area is 176 Å². The Hall–Kier alpha value is 0.360. The average molecular weight is 442 g/mol. The molecule has 1 atom stereocenters. The SMILES string of the molecule is COC(C)(C)CCOC(C)(N)C(C)(C)C(=O)OCC1(COSC)CSSC1. The van der Waals surface area contributed by atoms with E-state index in [1.807, 2.05) is 20.1 Å². The third-order valence-electron chi connectivity index (χ3n) is 5.22. The molecular weight excluding hydrogens is 406 g/mol. The molecule has 27 heavy (non-hydrogen) atoms. The van der Waals surface area contributed by atoms with E-state index in [1.54, 1.807) is 49.5 Å². The van der Waals surface area contributed by atoms with Gasteiger partial charge in [0.15, 0.2) is 0 Å². The lowest BCUT2D eigenvalue weighted by Crippen LogP contribution is -2.57. The smallest absolute Gasteiger partial charge is 0.315 e. The lowest BCUT2D eigenvalue weighted by molar-refractivity contribution is -0.181. The number of hydrogen-bond donors (Lipinski definition) is 1. The Balaban J connectivity index is 2.64. The van der Waals surface area contributed by atoms with Crippen LogP contribution in [0, 0.1) is 10.8 Å². The van der Waals surface area contributed by atoms with Gasteiger partial charge < -0.3 is 24.1 Å². The van der Waals surface area contributed by atoms with Crippen molar-refractivity contribution < 1.29 is 23.2 Å². The fraction of sp³-hybridized carbons (Fsp3) is 0.944. The normalized spacial score (nSPS) is 19.7. The zero-order chi connectivity index (χ0) is 20.8. The molecule has 1 unspecified atom stereocenters. The Bertz CT molecular complexity index is 480. The number of nitrogens with two attached hydrogens (primary N) is 1. The van der Waals surface area contributed by atoms with Crippen molar-refractivity contribution in [2.75, 3.05) is 44.7 Å². The second-order valence-electron chi connectivity index (χ2n) is 8.32. The molecule has 0 spiro atoms. The number of esters is 1. The molecule has 1 rings (SSSR count). The fourth-order valence-corrected chi connectivity index (χ4v) is 5.86. The Kier molecular flexibility index (Phi) is 9.79. The summed E-state index contributed by atoms with van der Waals surface area (Å²) in [5.74, 6) is 1.44. The van der Waals surface area contributed by atoms with E-state index in [2.05, 4.69) is 0 Å². The van der Waals surface area contributed by atoms with E-state index in [0.29, 0.717) is 26.2 Å². The maximum Gasteiger partial charge on any atom is 0.315 e. The monoisotopic (exact) mass is 441 g/mol. The highest BCUT2D eigenvalue weighted by atomic mass is 33.1. The standard InChI is InChI=1S/C18H35NO5S3/c1-15(2,21-6)8-9-23-17(5,19)16(3,4)14(20)22-10-18(11-24-25-7)12-26-27-13-18/h8-13,19H2,1-7H3. The number of hydrogen-bond acceptors (Lipinski definition) is 9. The highest BCUT2D eigenvalue weighted by molar-refractivity contribution is 8.77. The third kappa shape index (κ3) is 7.28. The van der Waals surface area contributed by atoms with Gasteiger partial charge in [0.05, 0.1) is 18.8 Å². The second kappa shape index (κ2) is 10.4. The van der Waals surface area contributed by atoms with Gasteiger partial charge in [-0.2, -0.15) is 0 Å². The molecule has 1 aliphatic rings. The first kappa shape index (κ1) is 25.4. The molecule has 0 aliphatic carbocycles. The van der Waals surface area contributed by atoms with Gasteiger partial charge in [-0.15, -0.1) is 0 Å². The summed E-state index contributed by atoms with van der Waals surface area (Å²) in [5.41, 5.74) is 3.75. The number of methoxy groups -OCH3 is 1. The van der Waals surface area contributed by atoms with E-state index in [4.69, 9.17) is 24.1 Å². The Morgan fingerprint density at radius 1 is 1.15 bits per heavy atom. The molecule has 9 heteroatoms. The average Bonchev–Trinajstić information content (AvgIpc) is 3.06. The molecule has 1 aliphatic heterocycles. The largest absolute Gasteiger partial charge is 0.464 e. The molecular formula is C18H35NO5S3. The summed E-state index contributed by atoms with van der Waals surface area (Å²) >= 11 is 1.33. The Morgan fingerprint density at radius 2 is 1.74 bits per heavy atom. The van der Waals surface area contributed by atoms with E-state index in [9.17, 15) is 4.79 Å². The van der Waals surface area contributed by atoms with E-state index >= 15 is 0 Å². The van der Waals surface area contributed by atoms with E-state index < -0.39 is 11.1 Å². The molecule has 0 radical (unpaired) electrons. The molecule has 0 aromatic rings. The second-order valence-corrected chi connectivity index (χ2v) is 11.4. The highest BCUT2D eigenvalue weighted by Crippen LogP contribution is 2.44. The van der Waals surface area contributed by atoms with Gasteiger partial charge in [0, 0.05) is 30.3 Å². The summed E-state index contributed by atoms with van der Waals surface area (Å²) in [6.07, 6.45) is 2.56. The van der Waals surface area contributed by atoms with Crippen LogP contribution in [0.5, 0.6) is 0 Å². The van der Waals surface area contributed by atoms with Crippen LogP contribution in [0.25, 0.3) is 0 Å². The third-order valence-corrected chi connectivity index (χ3v) is 8.40. The van der Waals surface area contributed by atoms with Crippen LogP contribution in [-0.2, 0) is 23.2 Å². The van der Waals surface area contributed by atoms with Crippen molar-refractivity contribution in [1.29, 1.82) is 0 Å². The number of carbonyl (C=O) groups excluding carboxylic acids is 1. The zero-order valence-corrected chi connectivity index (χ0v) is 20.0. The number of ether oxygens (including phenoxy) is 3. The summed E-state index contributed by atoms with van der Waals surface area (Å²) in [5, 5.41) is 0. The molecule has 1 fully saturated rings. The van der Waals surface area contributed by atoms with Crippen molar-refractivity contribution in [3.8, 4) is 0 Å². The molecule has 0 amide bonds. The molecule has 6 nitrogen and oxygen atoms in total. The van der Waals surface area contributed by atoms with Gasteiger partial charge in [-0.1, -0.05) is 21.6 Å². The van der Waals surface area contributed by atoms with Crippen LogP contribution in [0.15, 0.2) is 0 Å². The maximum absolute atomic E-state index is 12.8. The number of rotatable bonds is 12. The van der Waals surface area contributed by atoms with E-state index in [0.717, 1.165) is 11.5 Å². The maximum atomic E-state index is 12.8. The summed E-state index contributed by atoms with van der Waals surface area (Å²) in [4.78, 5) is 12.8. The predicted molar refractivity (Wildman–Crippen MR) is 116 cm³/mol. The fourth-order valence-electron chi connectivity index (χ4n) is 2.16. The van der Waals surface area contributed by atoms with E-state index in [-0.39, 0.29) is 17.0 Å². The van der Waals surface area contributed by atoms with Gasteiger partial charge >= 0.3 is 5.97 Å². The molecule has 0 aromatic carbocycles. The summed E-state index contributed by atoms with van der Waals surface area (Å²) in [7, 11) is 5.24. The quantitative estimate of drug-likeness (QED) is 0.211. The lowest BCUT2D eigenvalue weighted by Gasteiger charge is -2.40. The first-order valence-electron chi connectivity index (χ1n) is 8.97. The first-order valence-corrected chi connectivity index (χ1v) is 12.6. The summed E-state index contributed by atoms with van der Waals surface area (Å²) in [6, 6.07) is 0. The molecule has 160 valence electrons. The van der Waals surface area contributed by atoms with Crippen LogP contribution >= 0.6 is 33.6 Å². The van der Waals surface area contributed by atoms with Gasteiger partial charge in [-0.05, 0) is 53.1 Å². The van der Waals surface area contributed by atoms with Gasteiger partial charge in [0.1, 0.15) is 17.7 Å². The predicted octanol–water partition coefficient (Wildman–Crippen LogP) is 3.74. The first-order chi connectivity index (χ1) is 12.4. The molecule has 0 saturated carbocycles. The van der Waals surface area contributed by atoms with Gasteiger partial charge in [-0.3, -0.25) is 4.79 Å². The molecule has 1 heterocycles. The highest BCUT2D eigenvalue weighted by Gasteiger charge is 2.48. The Morgan fingerprint density at radius 3 is 2.26 bits per heavy atom. The van der Waals surface area contributed by atoms with Crippen molar-refractivity contribution in [1.82, 2.24) is 0 Å². The minimum atomic E-state index is -1.16. The van der Waals surface area contributed by atoms with Crippen LogP contribution in [0.3, 0.4) is 0 Å². The van der Waals surface area contributed by atoms with Crippen LogP contribution < -0.4 is 5.73 Å². The molecule has 1 saturated heterocycles. The van der Waals surface area contributed by atoms with Crippen molar-refractivity contribution >= 4 is 39.6 Å².